The number of halogens is 2. The molecule has 0 unspecified atom stereocenters. The quantitative estimate of drug-likeness (QED) is 0.328. The number of anilines is 2. The summed E-state index contributed by atoms with van der Waals surface area (Å²) in [6.07, 6.45) is 5.05. The third kappa shape index (κ3) is 5.44. The summed E-state index contributed by atoms with van der Waals surface area (Å²) in [5, 5.41) is 11.0. The van der Waals surface area contributed by atoms with Gasteiger partial charge in [0.2, 0.25) is 5.91 Å². The first-order chi connectivity index (χ1) is 18.8. The van der Waals surface area contributed by atoms with Crippen LogP contribution in [0.4, 0.5) is 20.4 Å². The van der Waals surface area contributed by atoms with Crippen LogP contribution in [0.1, 0.15) is 19.8 Å². The Labute approximate surface area is 225 Å². The number of benzene rings is 1. The number of pyridine rings is 2. The molecule has 1 saturated heterocycles. The van der Waals surface area contributed by atoms with E-state index in [0.29, 0.717) is 36.2 Å². The first-order valence-corrected chi connectivity index (χ1v) is 12.8. The summed E-state index contributed by atoms with van der Waals surface area (Å²) in [7, 11) is 2.61. The van der Waals surface area contributed by atoms with E-state index in [4.69, 9.17) is 14.2 Å². The molecular formula is C28H31F2N5O4. The predicted molar refractivity (Wildman–Crippen MR) is 144 cm³/mol. The third-order valence-corrected chi connectivity index (χ3v) is 7.16. The fourth-order valence-corrected chi connectivity index (χ4v) is 4.77. The number of fused-ring (bicyclic) bond motifs is 1. The molecule has 2 aliphatic rings. The van der Waals surface area contributed by atoms with Gasteiger partial charge in [-0.1, -0.05) is 6.58 Å². The molecule has 39 heavy (non-hydrogen) atoms. The van der Waals surface area contributed by atoms with Crippen LogP contribution >= 0.6 is 0 Å². The zero-order chi connectivity index (χ0) is 27.7. The van der Waals surface area contributed by atoms with E-state index >= 15 is 8.78 Å². The lowest BCUT2D eigenvalue weighted by molar-refractivity contribution is -0.117. The second kappa shape index (κ2) is 11.0. The van der Waals surface area contributed by atoms with Crippen molar-refractivity contribution in [3.63, 3.8) is 0 Å². The van der Waals surface area contributed by atoms with Crippen molar-refractivity contribution < 1.29 is 27.8 Å². The molecule has 3 atom stereocenters. The molecule has 0 bridgehead atoms. The molecule has 5 rings (SSSR count). The molecule has 1 saturated carbocycles. The molecule has 3 N–H and O–H groups in total. The SMILES string of the molecule is C=CC(=O)N[C@H]1COC[C@H]1Nc1cc2c(N[C@@H](C)C3CC3)nc(-c3c(F)c(OC)cc(OC)c3F)cc2cn1. The Hall–Kier alpha value is -3.99. The minimum Gasteiger partial charge on any atom is -0.494 e. The highest BCUT2D eigenvalue weighted by Gasteiger charge is 2.31. The number of nitrogens with one attached hydrogen (secondary N) is 3. The van der Waals surface area contributed by atoms with Gasteiger partial charge in [-0.3, -0.25) is 4.79 Å². The number of amides is 1. The molecule has 206 valence electrons. The van der Waals surface area contributed by atoms with Crippen molar-refractivity contribution in [3.8, 4) is 22.8 Å². The third-order valence-electron chi connectivity index (χ3n) is 7.16. The zero-order valence-electron chi connectivity index (χ0n) is 22.0. The maximum absolute atomic E-state index is 15.4. The van der Waals surface area contributed by atoms with Crippen molar-refractivity contribution >= 4 is 28.3 Å². The molecule has 3 heterocycles. The summed E-state index contributed by atoms with van der Waals surface area (Å²) in [4.78, 5) is 21.0. The van der Waals surface area contributed by atoms with Crippen molar-refractivity contribution in [1.29, 1.82) is 0 Å². The van der Waals surface area contributed by atoms with Crippen LogP contribution in [-0.2, 0) is 9.53 Å². The molecule has 9 nitrogen and oxygen atoms in total. The van der Waals surface area contributed by atoms with E-state index in [0.717, 1.165) is 18.2 Å². The summed E-state index contributed by atoms with van der Waals surface area (Å²) in [5.41, 5.74) is -0.263. The van der Waals surface area contributed by atoms with E-state index in [1.165, 1.54) is 26.4 Å². The van der Waals surface area contributed by atoms with Crippen LogP contribution < -0.4 is 25.4 Å². The molecule has 2 fully saturated rings. The Bertz CT molecular complexity index is 1390. The van der Waals surface area contributed by atoms with E-state index < -0.39 is 11.6 Å². The summed E-state index contributed by atoms with van der Waals surface area (Å²) in [6.45, 7) is 6.31. The Morgan fingerprint density at radius 1 is 1.13 bits per heavy atom. The molecule has 11 heteroatoms. The minimum absolute atomic E-state index is 0.0825. The lowest BCUT2D eigenvalue weighted by Gasteiger charge is -2.21. The van der Waals surface area contributed by atoms with Gasteiger partial charge in [0, 0.05) is 29.1 Å². The maximum atomic E-state index is 15.4. The van der Waals surface area contributed by atoms with Crippen molar-refractivity contribution in [2.24, 2.45) is 5.92 Å². The van der Waals surface area contributed by atoms with E-state index in [1.54, 1.807) is 12.3 Å². The zero-order valence-corrected chi connectivity index (χ0v) is 22.0. The topological polar surface area (TPSA) is 107 Å². The Kier molecular flexibility index (Phi) is 7.51. The van der Waals surface area contributed by atoms with Crippen molar-refractivity contribution in [2.45, 2.75) is 37.9 Å². The number of hydrogen-bond donors (Lipinski definition) is 3. The van der Waals surface area contributed by atoms with Gasteiger partial charge in [-0.25, -0.2) is 18.7 Å². The summed E-state index contributed by atoms with van der Waals surface area (Å²) < 4.78 is 46.5. The van der Waals surface area contributed by atoms with Crippen LogP contribution in [0.5, 0.6) is 11.5 Å². The van der Waals surface area contributed by atoms with Gasteiger partial charge in [-0.05, 0) is 43.9 Å². The normalized spacial score (nSPS) is 19.4. The molecule has 1 aliphatic heterocycles. The standard InChI is InChI=1S/C28H31F2N5O4/c1-5-24(36)34-20-13-39-12-19(20)33-23-9-17-16(11-31-23)8-18(35-28(17)32-14(2)15-6-7-15)25-26(29)21(37-3)10-22(38-4)27(25)30/h5,8-11,14-15,19-20H,1,6-7,12-13H2,2-4H3,(H,31,33)(H,32,35)(H,34,36)/t14-,19+,20-/m0/s1. The van der Waals surface area contributed by atoms with Gasteiger partial charge in [0.25, 0.3) is 0 Å². The number of nitrogens with zero attached hydrogens (tertiary/aromatic N) is 2. The summed E-state index contributed by atoms with van der Waals surface area (Å²) in [5.74, 6) is -0.802. The second-order valence-electron chi connectivity index (χ2n) is 9.81. The van der Waals surface area contributed by atoms with Crippen LogP contribution in [0, 0.1) is 17.6 Å². The van der Waals surface area contributed by atoms with Gasteiger partial charge < -0.3 is 30.2 Å². The van der Waals surface area contributed by atoms with Gasteiger partial charge in [0.1, 0.15) is 11.6 Å². The van der Waals surface area contributed by atoms with Gasteiger partial charge in [-0.15, -0.1) is 0 Å². The summed E-state index contributed by atoms with van der Waals surface area (Å²) >= 11 is 0. The van der Waals surface area contributed by atoms with Crippen LogP contribution in [0.25, 0.3) is 22.0 Å². The smallest absolute Gasteiger partial charge is 0.243 e. The Balaban J connectivity index is 1.56. The van der Waals surface area contributed by atoms with Gasteiger partial charge in [0.05, 0.1) is 50.8 Å². The molecule has 1 aromatic carbocycles. The highest BCUT2D eigenvalue weighted by atomic mass is 19.1. The molecule has 1 aliphatic carbocycles. The van der Waals surface area contributed by atoms with Crippen molar-refractivity contribution in [3.05, 3.63) is 48.7 Å². The molecule has 2 aromatic heterocycles. The lowest BCUT2D eigenvalue weighted by Crippen LogP contribution is -2.45. The molecule has 0 spiro atoms. The summed E-state index contributed by atoms with van der Waals surface area (Å²) in [6, 6.07) is 4.23. The van der Waals surface area contributed by atoms with Gasteiger partial charge in [-0.2, -0.15) is 0 Å². The molecule has 1 amide bonds. The van der Waals surface area contributed by atoms with E-state index in [1.807, 2.05) is 6.07 Å². The fraction of sp³-hybridized carbons (Fsp3) is 0.393. The number of aromatic nitrogens is 2. The first kappa shape index (κ1) is 26.6. The number of carbonyl (C=O) groups excluding carboxylic acids is 1. The van der Waals surface area contributed by atoms with Crippen LogP contribution in [-0.4, -0.2) is 61.4 Å². The number of methoxy groups -OCH3 is 2. The van der Waals surface area contributed by atoms with Crippen molar-refractivity contribution in [1.82, 2.24) is 15.3 Å². The van der Waals surface area contributed by atoms with E-state index in [2.05, 4.69) is 39.4 Å². The van der Waals surface area contributed by atoms with Crippen molar-refractivity contribution in [2.75, 3.05) is 38.1 Å². The minimum atomic E-state index is -0.871. The monoisotopic (exact) mass is 539 g/mol. The van der Waals surface area contributed by atoms with Crippen LogP contribution in [0.15, 0.2) is 37.1 Å². The molecule has 3 aromatic rings. The highest BCUT2D eigenvalue weighted by Crippen LogP contribution is 2.40. The number of carbonyl (C=O) groups is 1. The van der Waals surface area contributed by atoms with Gasteiger partial charge >= 0.3 is 0 Å². The van der Waals surface area contributed by atoms with Gasteiger partial charge in [0.15, 0.2) is 23.1 Å². The predicted octanol–water partition coefficient (Wildman–Crippen LogP) is 4.28. The highest BCUT2D eigenvalue weighted by molar-refractivity contribution is 5.96. The van der Waals surface area contributed by atoms with E-state index in [-0.39, 0.29) is 46.8 Å². The average Bonchev–Trinajstić information content (AvgIpc) is 3.70. The largest absolute Gasteiger partial charge is 0.494 e. The maximum Gasteiger partial charge on any atom is 0.243 e. The lowest BCUT2D eigenvalue weighted by atomic mass is 10.0. The average molecular weight is 540 g/mol. The molecular weight excluding hydrogens is 508 g/mol. The number of hydrogen-bond acceptors (Lipinski definition) is 8. The number of rotatable bonds is 10. The fourth-order valence-electron chi connectivity index (χ4n) is 4.77. The van der Waals surface area contributed by atoms with Crippen LogP contribution in [0.3, 0.4) is 0 Å². The Morgan fingerprint density at radius 2 is 1.82 bits per heavy atom. The molecule has 0 radical (unpaired) electrons. The van der Waals surface area contributed by atoms with E-state index in [9.17, 15) is 4.79 Å². The Morgan fingerprint density at radius 3 is 2.46 bits per heavy atom. The van der Waals surface area contributed by atoms with Crippen LogP contribution in [0.2, 0.25) is 0 Å². The number of ether oxygens (including phenoxy) is 3. The second-order valence-corrected chi connectivity index (χ2v) is 9.81. The first-order valence-electron chi connectivity index (χ1n) is 12.8.